The molecule has 0 spiro atoms. The van der Waals surface area contributed by atoms with Gasteiger partial charge in [0.05, 0.1) is 18.7 Å². The molecule has 0 fully saturated rings. The Kier molecular flexibility index (Phi) is 7.67. The van der Waals surface area contributed by atoms with E-state index in [0.717, 1.165) is 47.5 Å². The number of nitrogens with one attached hydrogen (secondary N) is 2. The van der Waals surface area contributed by atoms with E-state index in [-0.39, 0.29) is 5.97 Å². The van der Waals surface area contributed by atoms with Crippen LogP contribution in [0.2, 0.25) is 5.02 Å². The summed E-state index contributed by atoms with van der Waals surface area (Å²) in [5.74, 6) is 0.361. The van der Waals surface area contributed by atoms with Gasteiger partial charge in [0.25, 0.3) is 0 Å². The zero-order valence-corrected chi connectivity index (χ0v) is 21.1. The number of halogens is 1. The Hall–Kier alpha value is -2.42. The minimum absolute atomic E-state index is 0.287. The van der Waals surface area contributed by atoms with Crippen LogP contribution < -0.4 is 10.6 Å². The third-order valence-electron chi connectivity index (χ3n) is 5.60. The van der Waals surface area contributed by atoms with Gasteiger partial charge in [0.1, 0.15) is 5.00 Å². The van der Waals surface area contributed by atoms with Crippen LogP contribution in [0.15, 0.2) is 30.3 Å². The van der Waals surface area contributed by atoms with Crippen molar-refractivity contribution in [1.29, 1.82) is 0 Å². The SMILES string of the molecule is CCOC(=O)c1c(NC(=S)Nc2cc(C)n(Cc3ccc(Cl)cc3)n2)sc2c1CCCCC2. The van der Waals surface area contributed by atoms with Gasteiger partial charge in [0.2, 0.25) is 0 Å². The fourth-order valence-electron chi connectivity index (χ4n) is 3.99. The number of aryl methyl sites for hydroxylation is 2. The van der Waals surface area contributed by atoms with Gasteiger partial charge in [0.15, 0.2) is 10.9 Å². The van der Waals surface area contributed by atoms with Gasteiger partial charge in [-0.15, -0.1) is 11.3 Å². The summed E-state index contributed by atoms with van der Waals surface area (Å²) in [5, 5.41) is 12.9. The normalized spacial score (nSPS) is 13.2. The highest BCUT2D eigenvalue weighted by atomic mass is 35.5. The number of hydrogen-bond donors (Lipinski definition) is 2. The Balaban J connectivity index is 1.49. The number of anilines is 2. The second kappa shape index (κ2) is 10.7. The summed E-state index contributed by atoms with van der Waals surface area (Å²) in [4.78, 5) is 14.0. The van der Waals surface area contributed by atoms with E-state index in [0.29, 0.717) is 34.7 Å². The predicted molar refractivity (Wildman–Crippen MR) is 139 cm³/mol. The lowest BCUT2D eigenvalue weighted by atomic mass is 10.1. The van der Waals surface area contributed by atoms with E-state index in [1.807, 2.05) is 48.9 Å². The zero-order chi connectivity index (χ0) is 23.4. The first-order chi connectivity index (χ1) is 15.9. The zero-order valence-electron chi connectivity index (χ0n) is 18.7. The molecule has 1 aliphatic rings. The highest BCUT2D eigenvalue weighted by molar-refractivity contribution is 7.80. The second-order valence-corrected chi connectivity index (χ2v) is 9.97. The van der Waals surface area contributed by atoms with E-state index >= 15 is 0 Å². The van der Waals surface area contributed by atoms with Gasteiger partial charge in [-0.3, -0.25) is 4.68 Å². The summed E-state index contributed by atoms with van der Waals surface area (Å²) >= 11 is 13.1. The van der Waals surface area contributed by atoms with Crippen molar-refractivity contribution in [2.45, 2.75) is 52.5 Å². The number of thiocarbonyl (C=S) groups is 1. The number of rotatable bonds is 6. The van der Waals surface area contributed by atoms with Crippen molar-refractivity contribution in [3.63, 3.8) is 0 Å². The fraction of sp³-hybridized carbons (Fsp3) is 0.375. The minimum atomic E-state index is -0.287. The van der Waals surface area contributed by atoms with Crippen molar-refractivity contribution >= 4 is 57.1 Å². The number of hydrogen-bond acceptors (Lipinski definition) is 5. The highest BCUT2D eigenvalue weighted by Crippen LogP contribution is 2.38. The molecule has 6 nitrogen and oxygen atoms in total. The molecule has 2 aromatic heterocycles. The van der Waals surface area contributed by atoms with E-state index in [1.165, 1.54) is 11.3 Å². The molecule has 0 unspecified atom stereocenters. The number of carbonyl (C=O) groups is 1. The van der Waals surface area contributed by atoms with Crippen LogP contribution in [0.4, 0.5) is 10.8 Å². The molecule has 0 atom stereocenters. The lowest BCUT2D eigenvalue weighted by molar-refractivity contribution is 0.0527. The number of fused-ring (bicyclic) bond motifs is 1. The number of carbonyl (C=O) groups excluding carboxylic acids is 1. The Bertz CT molecular complexity index is 1150. The number of thiophene rings is 1. The van der Waals surface area contributed by atoms with Gasteiger partial charge in [-0.1, -0.05) is 30.2 Å². The fourth-order valence-corrected chi connectivity index (χ4v) is 5.67. The summed E-state index contributed by atoms with van der Waals surface area (Å²) in [6, 6.07) is 9.66. The molecule has 3 aromatic rings. The molecular weight excluding hydrogens is 476 g/mol. The number of benzene rings is 1. The number of nitrogens with zero attached hydrogens (tertiary/aromatic N) is 2. The van der Waals surface area contributed by atoms with Crippen LogP contribution in [0, 0.1) is 6.92 Å². The second-order valence-electron chi connectivity index (χ2n) is 8.02. The molecule has 4 rings (SSSR count). The van der Waals surface area contributed by atoms with Crippen LogP contribution in [0.25, 0.3) is 0 Å². The number of aromatic nitrogens is 2. The molecule has 9 heteroatoms. The first kappa shape index (κ1) is 23.7. The highest BCUT2D eigenvalue weighted by Gasteiger charge is 2.26. The molecule has 0 bridgehead atoms. The minimum Gasteiger partial charge on any atom is -0.462 e. The predicted octanol–water partition coefficient (Wildman–Crippen LogP) is 6.21. The number of ether oxygens (including phenoxy) is 1. The van der Waals surface area contributed by atoms with E-state index in [1.54, 1.807) is 11.3 Å². The maximum absolute atomic E-state index is 12.8. The topological polar surface area (TPSA) is 68.2 Å². The molecule has 174 valence electrons. The molecule has 0 radical (unpaired) electrons. The average molecular weight is 503 g/mol. The Morgan fingerprint density at radius 3 is 2.73 bits per heavy atom. The van der Waals surface area contributed by atoms with Crippen molar-refractivity contribution < 1.29 is 9.53 Å². The van der Waals surface area contributed by atoms with Crippen molar-refractivity contribution in [3.05, 3.63) is 62.6 Å². The molecule has 0 amide bonds. The summed E-state index contributed by atoms with van der Waals surface area (Å²) in [7, 11) is 0. The van der Waals surface area contributed by atoms with Gasteiger partial charge in [-0.05, 0) is 75.0 Å². The largest absolute Gasteiger partial charge is 0.462 e. The van der Waals surface area contributed by atoms with Gasteiger partial charge < -0.3 is 15.4 Å². The summed E-state index contributed by atoms with van der Waals surface area (Å²) in [6.45, 7) is 4.80. The van der Waals surface area contributed by atoms with Crippen LogP contribution in [-0.4, -0.2) is 27.5 Å². The molecule has 0 saturated carbocycles. The molecule has 2 N–H and O–H groups in total. The van der Waals surface area contributed by atoms with Gasteiger partial charge in [-0.2, -0.15) is 5.10 Å². The molecule has 2 heterocycles. The summed E-state index contributed by atoms with van der Waals surface area (Å²) < 4.78 is 7.27. The van der Waals surface area contributed by atoms with E-state index in [4.69, 9.17) is 28.6 Å². The Labute approximate surface area is 208 Å². The smallest absolute Gasteiger partial charge is 0.341 e. The first-order valence-electron chi connectivity index (χ1n) is 11.1. The lowest BCUT2D eigenvalue weighted by Crippen LogP contribution is -2.21. The summed E-state index contributed by atoms with van der Waals surface area (Å²) in [5.41, 5.74) is 3.86. The first-order valence-corrected chi connectivity index (χ1v) is 12.7. The van der Waals surface area contributed by atoms with Crippen LogP contribution in [0.5, 0.6) is 0 Å². The number of esters is 1. The third kappa shape index (κ3) is 5.75. The Morgan fingerprint density at radius 2 is 1.97 bits per heavy atom. The van der Waals surface area contributed by atoms with Crippen LogP contribution >= 0.6 is 35.2 Å². The molecule has 1 aromatic carbocycles. The van der Waals surface area contributed by atoms with Gasteiger partial charge in [0, 0.05) is 21.7 Å². The Morgan fingerprint density at radius 1 is 1.21 bits per heavy atom. The maximum Gasteiger partial charge on any atom is 0.341 e. The molecule has 0 aliphatic heterocycles. The monoisotopic (exact) mass is 502 g/mol. The van der Waals surface area contributed by atoms with Crippen LogP contribution in [-0.2, 0) is 24.1 Å². The van der Waals surface area contributed by atoms with Crippen molar-refractivity contribution in [3.8, 4) is 0 Å². The standard InChI is InChI=1S/C24H27ClN4O2S2/c1-3-31-23(30)21-18-7-5-4-6-8-19(18)33-22(21)27-24(32)26-20-13-15(2)29(28-20)14-16-9-11-17(25)12-10-16/h9-13H,3-8,14H2,1-2H3,(H2,26,27,28,32). The quantitative estimate of drug-likeness (QED) is 0.237. The van der Waals surface area contributed by atoms with Crippen LogP contribution in [0.1, 0.15) is 58.2 Å². The van der Waals surface area contributed by atoms with Gasteiger partial charge >= 0.3 is 5.97 Å². The molecule has 1 aliphatic carbocycles. The third-order valence-corrected chi connectivity index (χ3v) is 7.26. The summed E-state index contributed by atoms with van der Waals surface area (Å²) in [6.07, 6.45) is 5.30. The lowest BCUT2D eigenvalue weighted by Gasteiger charge is -2.10. The van der Waals surface area contributed by atoms with E-state index in [9.17, 15) is 4.79 Å². The maximum atomic E-state index is 12.8. The molecule has 33 heavy (non-hydrogen) atoms. The van der Waals surface area contributed by atoms with Crippen molar-refractivity contribution in [2.75, 3.05) is 17.2 Å². The molecule has 0 saturated heterocycles. The molecular formula is C24H27ClN4O2S2. The van der Waals surface area contributed by atoms with Crippen molar-refractivity contribution in [1.82, 2.24) is 9.78 Å². The van der Waals surface area contributed by atoms with E-state index in [2.05, 4.69) is 15.7 Å². The van der Waals surface area contributed by atoms with Gasteiger partial charge in [-0.25, -0.2) is 4.79 Å². The average Bonchev–Trinajstić information content (AvgIpc) is 3.19. The van der Waals surface area contributed by atoms with Crippen LogP contribution in [0.3, 0.4) is 0 Å². The van der Waals surface area contributed by atoms with E-state index < -0.39 is 0 Å². The van der Waals surface area contributed by atoms with Crippen molar-refractivity contribution in [2.24, 2.45) is 0 Å².